The summed E-state index contributed by atoms with van der Waals surface area (Å²) in [6, 6.07) is 5.88. The summed E-state index contributed by atoms with van der Waals surface area (Å²) in [5, 5.41) is 0. The maximum atomic E-state index is 5.31. The zero-order chi connectivity index (χ0) is 8.27. The first-order valence-corrected chi connectivity index (χ1v) is 5.10. The van der Waals surface area contributed by atoms with Crippen LogP contribution in [0.3, 0.4) is 0 Å². The quantitative estimate of drug-likeness (QED) is 0.468. The smallest absolute Gasteiger partial charge is 0.0632 e. The van der Waals surface area contributed by atoms with Gasteiger partial charge in [0, 0.05) is 9.37 Å². The molecule has 0 spiro atoms. The van der Waals surface area contributed by atoms with Gasteiger partial charge in [-0.1, -0.05) is 6.07 Å². The number of halogens is 1. The van der Waals surface area contributed by atoms with Crippen LogP contribution < -0.4 is 11.3 Å². The average Bonchev–Trinajstić information content (AvgIpc) is 2.04. The van der Waals surface area contributed by atoms with Crippen LogP contribution in [0.1, 0.15) is 0 Å². The second kappa shape index (κ2) is 3.99. The van der Waals surface area contributed by atoms with Crippen LogP contribution in [0, 0.1) is 0 Å². The highest BCUT2D eigenvalue weighted by Gasteiger charge is 2.02. The molecular formula is C7H9BrN2S. The molecule has 0 amide bonds. The van der Waals surface area contributed by atoms with E-state index in [-0.39, 0.29) is 0 Å². The molecule has 60 valence electrons. The fraction of sp³-hybridized carbons (Fsp3) is 0.143. The van der Waals surface area contributed by atoms with Crippen LogP contribution in [0.25, 0.3) is 0 Å². The molecule has 2 nitrogen and oxygen atoms in total. The minimum Gasteiger partial charge on any atom is -0.323 e. The lowest BCUT2D eigenvalue weighted by molar-refractivity contribution is 1.27. The number of thioether (sulfide) groups is 1. The molecule has 0 aromatic heterocycles. The average molecular weight is 233 g/mol. The number of rotatable bonds is 2. The Labute approximate surface area is 78.6 Å². The van der Waals surface area contributed by atoms with Gasteiger partial charge in [-0.15, -0.1) is 11.8 Å². The molecule has 0 radical (unpaired) electrons. The summed E-state index contributed by atoms with van der Waals surface area (Å²) in [6.45, 7) is 0. The van der Waals surface area contributed by atoms with Gasteiger partial charge in [-0.3, -0.25) is 5.84 Å². The topological polar surface area (TPSA) is 38.0 Å². The second-order valence-corrected chi connectivity index (χ2v) is 3.64. The Morgan fingerprint density at radius 2 is 2.27 bits per heavy atom. The van der Waals surface area contributed by atoms with E-state index in [1.165, 1.54) is 0 Å². The number of hydrogen-bond donors (Lipinski definition) is 2. The molecule has 4 heteroatoms. The molecule has 1 aromatic rings. The van der Waals surface area contributed by atoms with Crippen molar-refractivity contribution in [3.63, 3.8) is 0 Å². The number of nitrogens with one attached hydrogen (secondary N) is 1. The Morgan fingerprint density at radius 3 is 2.73 bits per heavy atom. The molecule has 1 aromatic carbocycles. The van der Waals surface area contributed by atoms with Crippen LogP contribution in [0.2, 0.25) is 0 Å². The standard InChI is InChI=1S/C7H9BrN2S/c1-11-7-5(8)3-2-4-6(7)10-9/h2-4,10H,9H2,1H3. The molecule has 0 atom stereocenters. The third kappa shape index (κ3) is 1.89. The van der Waals surface area contributed by atoms with Crippen molar-refractivity contribution in [3.05, 3.63) is 22.7 Å². The van der Waals surface area contributed by atoms with Crippen molar-refractivity contribution >= 4 is 33.4 Å². The van der Waals surface area contributed by atoms with Crippen LogP contribution in [-0.4, -0.2) is 6.26 Å². The van der Waals surface area contributed by atoms with Crippen molar-refractivity contribution in [2.45, 2.75) is 4.90 Å². The van der Waals surface area contributed by atoms with Gasteiger partial charge in [-0.25, -0.2) is 0 Å². The summed E-state index contributed by atoms with van der Waals surface area (Å²) in [4.78, 5) is 1.13. The molecule has 0 heterocycles. The predicted octanol–water partition coefficient (Wildman–Crippen LogP) is 2.46. The van der Waals surface area contributed by atoms with Gasteiger partial charge in [0.15, 0.2) is 0 Å². The van der Waals surface area contributed by atoms with Crippen molar-refractivity contribution < 1.29 is 0 Å². The first-order valence-electron chi connectivity index (χ1n) is 3.08. The highest BCUT2D eigenvalue weighted by Crippen LogP contribution is 2.31. The van der Waals surface area contributed by atoms with Gasteiger partial charge in [0.05, 0.1) is 5.69 Å². The lowest BCUT2D eigenvalue weighted by Gasteiger charge is -2.07. The summed E-state index contributed by atoms with van der Waals surface area (Å²) >= 11 is 5.09. The van der Waals surface area contributed by atoms with Crippen molar-refractivity contribution in [2.24, 2.45) is 5.84 Å². The van der Waals surface area contributed by atoms with E-state index in [1.807, 2.05) is 24.5 Å². The van der Waals surface area contributed by atoms with Gasteiger partial charge in [0.25, 0.3) is 0 Å². The van der Waals surface area contributed by atoms with E-state index in [9.17, 15) is 0 Å². The maximum Gasteiger partial charge on any atom is 0.0632 e. The van der Waals surface area contributed by atoms with E-state index in [4.69, 9.17) is 5.84 Å². The molecule has 0 aliphatic rings. The Bertz CT molecular complexity index is 252. The summed E-state index contributed by atoms with van der Waals surface area (Å²) in [5.41, 5.74) is 3.59. The van der Waals surface area contributed by atoms with Crippen molar-refractivity contribution in [2.75, 3.05) is 11.7 Å². The van der Waals surface area contributed by atoms with E-state index in [1.54, 1.807) is 11.8 Å². The molecule has 0 fully saturated rings. The summed E-state index contributed by atoms with van der Waals surface area (Å²) in [7, 11) is 0. The first-order chi connectivity index (χ1) is 5.29. The van der Waals surface area contributed by atoms with E-state index in [2.05, 4.69) is 21.4 Å². The zero-order valence-electron chi connectivity index (χ0n) is 6.10. The Hall–Kier alpha value is -0.190. The lowest BCUT2D eigenvalue weighted by Crippen LogP contribution is -2.07. The number of anilines is 1. The highest BCUT2D eigenvalue weighted by atomic mass is 79.9. The number of hydrazine groups is 1. The van der Waals surface area contributed by atoms with E-state index in [0.717, 1.165) is 15.1 Å². The molecule has 0 saturated carbocycles. The molecule has 0 aliphatic heterocycles. The van der Waals surface area contributed by atoms with Gasteiger partial charge in [-0.2, -0.15) is 0 Å². The van der Waals surface area contributed by atoms with Crippen molar-refractivity contribution in [1.82, 2.24) is 0 Å². The monoisotopic (exact) mass is 232 g/mol. The maximum absolute atomic E-state index is 5.31. The first kappa shape index (κ1) is 8.90. The predicted molar refractivity (Wildman–Crippen MR) is 53.7 cm³/mol. The molecule has 0 unspecified atom stereocenters. The van der Waals surface area contributed by atoms with Gasteiger partial charge >= 0.3 is 0 Å². The van der Waals surface area contributed by atoms with Crippen molar-refractivity contribution in [1.29, 1.82) is 0 Å². The Kier molecular flexibility index (Phi) is 3.23. The fourth-order valence-electron chi connectivity index (χ4n) is 0.830. The molecule has 11 heavy (non-hydrogen) atoms. The van der Waals surface area contributed by atoms with Gasteiger partial charge in [0.1, 0.15) is 0 Å². The molecule has 1 rings (SSSR count). The van der Waals surface area contributed by atoms with E-state index in [0.29, 0.717) is 0 Å². The summed E-state index contributed by atoms with van der Waals surface area (Å²) in [6.07, 6.45) is 2.01. The lowest BCUT2D eigenvalue weighted by atomic mass is 10.3. The summed E-state index contributed by atoms with van der Waals surface area (Å²) in [5.74, 6) is 5.31. The van der Waals surface area contributed by atoms with E-state index < -0.39 is 0 Å². The third-order valence-corrected chi connectivity index (χ3v) is 3.10. The Morgan fingerprint density at radius 1 is 1.55 bits per heavy atom. The number of nitrogen functional groups attached to an aromatic ring is 1. The zero-order valence-corrected chi connectivity index (χ0v) is 8.50. The number of hydrogen-bond acceptors (Lipinski definition) is 3. The highest BCUT2D eigenvalue weighted by molar-refractivity contribution is 9.10. The minimum absolute atomic E-state index is 0.951. The normalized spacial score (nSPS) is 9.73. The summed E-state index contributed by atoms with van der Waals surface area (Å²) < 4.78 is 1.07. The number of nitrogens with two attached hydrogens (primary N) is 1. The Balaban J connectivity index is 3.13. The van der Waals surface area contributed by atoms with Gasteiger partial charge in [-0.05, 0) is 34.3 Å². The molecule has 0 saturated heterocycles. The second-order valence-electron chi connectivity index (χ2n) is 1.96. The van der Waals surface area contributed by atoms with Gasteiger partial charge < -0.3 is 5.43 Å². The SMILES string of the molecule is CSc1c(Br)cccc1NN. The molecular weight excluding hydrogens is 224 g/mol. The molecule has 0 aliphatic carbocycles. The largest absolute Gasteiger partial charge is 0.323 e. The minimum atomic E-state index is 0.951. The van der Waals surface area contributed by atoms with Crippen LogP contribution in [0.15, 0.2) is 27.6 Å². The van der Waals surface area contributed by atoms with Crippen LogP contribution in [0.5, 0.6) is 0 Å². The van der Waals surface area contributed by atoms with Gasteiger partial charge in [0.2, 0.25) is 0 Å². The number of benzene rings is 1. The van der Waals surface area contributed by atoms with Crippen LogP contribution in [0.4, 0.5) is 5.69 Å². The van der Waals surface area contributed by atoms with Crippen molar-refractivity contribution in [3.8, 4) is 0 Å². The fourth-order valence-corrected chi connectivity index (χ4v) is 2.29. The third-order valence-electron chi connectivity index (χ3n) is 1.33. The van der Waals surface area contributed by atoms with E-state index >= 15 is 0 Å². The molecule has 0 bridgehead atoms. The van der Waals surface area contributed by atoms with Crippen LogP contribution in [-0.2, 0) is 0 Å². The molecule has 3 N–H and O–H groups in total. The van der Waals surface area contributed by atoms with Crippen LogP contribution >= 0.6 is 27.7 Å².